The van der Waals surface area contributed by atoms with Crippen LogP contribution in [0.5, 0.6) is 0 Å². The largest absolute Gasteiger partial charge is 0.468 e. The highest BCUT2D eigenvalue weighted by atomic mass is 16.5. The third-order valence-electron chi connectivity index (χ3n) is 2.74. The Kier molecular flexibility index (Phi) is 4.60. The number of esters is 2. The number of rotatable bonds is 5. The summed E-state index contributed by atoms with van der Waals surface area (Å²) in [6.07, 6.45) is 3.08. The summed E-state index contributed by atoms with van der Waals surface area (Å²) in [5.41, 5.74) is 1.05. The molecule has 0 amide bonds. The van der Waals surface area contributed by atoms with Gasteiger partial charge in [0.2, 0.25) is 0 Å². The van der Waals surface area contributed by atoms with Gasteiger partial charge in [-0.1, -0.05) is 0 Å². The number of anilines is 1. The number of carbonyl (C=O) groups is 2. The number of hydrogen-bond donors (Lipinski definition) is 0. The van der Waals surface area contributed by atoms with Crippen molar-refractivity contribution in [2.75, 3.05) is 32.2 Å². The number of ether oxygens (including phenoxy) is 2. The quantitative estimate of drug-likeness (QED) is 0.720. The molecule has 8 heteroatoms. The Labute approximate surface area is 120 Å². The molecular formula is C13H14N4O4. The average Bonchev–Trinajstić information content (AvgIpc) is 2.53. The van der Waals surface area contributed by atoms with Crippen LogP contribution in [0.1, 0.15) is 0 Å². The molecule has 0 aromatic carbocycles. The highest BCUT2D eigenvalue weighted by molar-refractivity contribution is 5.81. The van der Waals surface area contributed by atoms with E-state index in [1.54, 1.807) is 18.3 Å². The number of fused-ring (bicyclic) bond motifs is 1. The van der Waals surface area contributed by atoms with Gasteiger partial charge in [0, 0.05) is 12.4 Å². The SMILES string of the molecule is COC(=O)CN(CC(=O)OC)c1ccc2nccnc2n1. The Hall–Kier alpha value is -2.77. The van der Waals surface area contributed by atoms with Gasteiger partial charge in [-0.25, -0.2) is 9.97 Å². The van der Waals surface area contributed by atoms with Crippen LogP contribution in [0, 0.1) is 0 Å². The van der Waals surface area contributed by atoms with E-state index in [0.29, 0.717) is 17.0 Å². The highest BCUT2D eigenvalue weighted by Crippen LogP contribution is 2.15. The summed E-state index contributed by atoms with van der Waals surface area (Å²) in [6.45, 7) is -0.241. The molecule has 0 saturated carbocycles. The fourth-order valence-corrected chi connectivity index (χ4v) is 1.68. The smallest absolute Gasteiger partial charge is 0.325 e. The van der Waals surface area contributed by atoms with E-state index in [0.717, 1.165) is 0 Å². The second kappa shape index (κ2) is 6.60. The summed E-state index contributed by atoms with van der Waals surface area (Å²) in [5, 5.41) is 0. The number of nitrogens with zero attached hydrogens (tertiary/aromatic N) is 4. The summed E-state index contributed by atoms with van der Waals surface area (Å²) >= 11 is 0. The lowest BCUT2D eigenvalue weighted by atomic mass is 10.3. The van der Waals surface area contributed by atoms with Gasteiger partial charge in [-0.2, -0.15) is 0 Å². The second-order valence-electron chi connectivity index (χ2n) is 4.08. The zero-order valence-corrected chi connectivity index (χ0v) is 11.6. The minimum atomic E-state index is -0.486. The van der Waals surface area contributed by atoms with E-state index in [4.69, 9.17) is 0 Å². The molecule has 2 rings (SSSR count). The van der Waals surface area contributed by atoms with Crippen LogP contribution in [0.4, 0.5) is 5.82 Å². The highest BCUT2D eigenvalue weighted by Gasteiger charge is 2.17. The molecule has 0 N–H and O–H groups in total. The maximum absolute atomic E-state index is 11.5. The van der Waals surface area contributed by atoms with Crippen LogP contribution < -0.4 is 4.90 Å². The van der Waals surface area contributed by atoms with Crippen LogP contribution in [-0.4, -0.2) is 54.2 Å². The Bertz CT molecular complexity index is 643. The molecule has 0 saturated heterocycles. The molecule has 0 bridgehead atoms. The monoisotopic (exact) mass is 290 g/mol. The first-order valence-corrected chi connectivity index (χ1v) is 6.10. The Balaban J connectivity index is 2.32. The van der Waals surface area contributed by atoms with E-state index >= 15 is 0 Å². The minimum Gasteiger partial charge on any atom is -0.468 e. The Morgan fingerprint density at radius 2 is 1.67 bits per heavy atom. The lowest BCUT2D eigenvalue weighted by Crippen LogP contribution is -2.36. The molecule has 2 aromatic heterocycles. The minimum absolute atomic E-state index is 0.121. The third-order valence-corrected chi connectivity index (χ3v) is 2.74. The lowest BCUT2D eigenvalue weighted by Gasteiger charge is -2.21. The predicted octanol–water partition coefficient (Wildman–Crippen LogP) is 0.177. The Morgan fingerprint density at radius 3 is 2.29 bits per heavy atom. The van der Waals surface area contributed by atoms with Gasteiger partial charge in [-0.3, -0.25) is 14.6 Å². The molecule has 0 atom stereocenters. The first kappa shape index (κ1) is 14.6. The van der Waals surface area contributed by atoms with Crippen LogP contribution in [-0.2, 0) is 19.1 Å². The van der Waals surface area contributed by atoms with Crippen molar-refractivity contribution in [3.63, 3.8) is 0 Å². The molecule has 21 heavy (non-hydrogen) atoms. The van der Waals surface area contributed by atoms with Crippen molar-refractivity contribution in [3.8, 4) is 0 Å². The van der Waals surface area contributed by atoms with Gasteiger partial charge in [-0.05, 0) is 12.1 Å². The summed E-state index contributed by atoms with van der Waals surface area (Å²) in [6, 6.07) is 3.37. The fourth-order valence-electron chi connectivity index (χ4n) is 1.68. The number of pyridine rings is 1. The van der Waals surface area contributed by atoms with Crippen LogP contribution in [0.3, 0.4) is 0 Å². The number of hydrogen-bond acceptors (Lipinski definition) is 8. The molecule has 8 nitrogen and oxygen atoms in total. The van der Waals surface area contributed by atoms with Crippen molar-refractivity contribution in [2.45, 2.75) is 0 Å². The number of methoxy groups -OCH3 is 2. The summed E-state index contributed by atoms with van der Waals surface area (Å²) in [4.78, 5) is 36.9. The number of aromatic nitrogens is 3. The maximum Gasteiger partial charge on any atom is 0.325 e. The summed E-state index contributed by atoms with van der Waals surface area (Å²) in [5.74, 6) is -0.557. The standard InChI is InChI=1S/C13H14N4O4/c1-20-11(18)7-17(8-12(19)21-2)10-4-3-9-13(16-10)15-6-5-14-9/h3-6H,7-8H2,1-2H3. The summed E-state index contributed by atoms with van der Waals surface area (Å²) in [7, 11) is 2.55. The normalized spacial score (nSPS) is 10.2. The van der Waals surface area contributed by atoms with Gasteiger partial charge in [0.1, 0.15) is 24.4 Å². The molecule has 0 aliphatic carbocycles. The van der Waals surface area contributed by atoms with Crippen LogP contribution >= 0.6 is 0 Å². The van der Waals surface area contributed by atoms with E-state index in [1.807, 2.05) is 0 Å². The Morgan fingerprint density at radius 1 is 1.05 bits per heavy atom. The van der Waals surface area contributed by atoms with Gasteiger partial charge in [0.05, 0.1) is 14.2 Å². The molecule has 0 fully saturated rings. The first-order chi connectivity index (χ1) is 10.1. The topological polar surface area (TPSA) is 94.5 Å². The molecule has 0 radical (unpaired) electrons. The predicted molar refractivity (Wildman–Crippen MR) is 73.6 cm³/mol. The molecule has 2 heterocycles. The maximum atomic E-state index is 11.5. The zero-order valence-electron chi connectivity index (χ0n) is 11.6. The molecule has 110 valence electrons. The third kappa shape index (κ3) is 3.62. The van der Waals surface area contributed by atoms with Gasteiger partial charge in [0.25, 0.3) is 0 Å². The fraction of sp³-hybridized carbons (Fsp3) is 0.308. The van der Waals surface area contributed by atoms with Crippen molar-refractivity contribution < 1.29 is 19.1 Å². The molecule has 0 unspecified atom stereocenters. The molecule has 0 spiro atoms. The van der Waals surface area contributed by atoms with Crippen LogP contribution in [0.15, 0.2) is 24.5 Å². The van der Waals surface area contributed by atoms with Crippen molar-refractivity contribution in [3.05, 3.63) is 24.5 Å². The summed E-state index contributed by atoms with van der Waals surface area (Å²) < 4.78 is 9.23. The van der Waals surface area contributed by atoms with E-state index < -0.39 is 11.9 Å². The molecular weight excluding hydrogens is 276 g/mol. The van der Waals surface area contributed by atoms with Crippen LogP contribution in [0.25, 0.3) is 11.2 Å². The van der Waals surface area contributed by atoms with E-state index in [2.05, 4.69) is 24.4 Å². The van der Waals surface area contributed by atoms with E-state index in [9.17, 15) is 9.59 Å². The van der Waals surface area contributed by atoms with E-state index in [-0.39, 0.29) is 13.1 Å². The average molecular weight is 290 g/mol. The second-order valence-corrected chi connectivity index (χ2v) is 4.08. The van der Waals surface area contributed by atoms with Gasteiger partial charge < -0.3 is 14.4 Å². The van der Waals surface area contributed by atoms with Gasteiger partial charge >= 0.3 is 11.9 Å². The molecule has 0 aliphatic rings. The van der Waals surface area contributed by atoms with Crippen molar-refractivity contribution in [1.82, 2.24) is 15.0 Å². The van der Waals surface area contributed by atoms with E-state index in [1.165, 1.54) is 25.3 Å². The zero-order chi connectivity index (χ0) is 15.2. The first-order valence-electron chi connectivity index (χ1n) is 6.10. The van der Waals surface area contributed by atoms with Gasteiger partial charge in [0.15, 0.2) is 5.65 Å². The molecule has 0 aliphatic heterocycles. The molecule has 2 aromatic rings. The number of carbonyl (C=O) groups excluding carboxylic acids is 2. The van der Waals surface area contributed by atoms with Crippen LogP contribution in [0.2, 0.25) is 0 Å². The van der Waals surface area contributed by atoms with Crippen molar-refractivity contribution in [2.24, 2.45) is 0 Å². The van der Waals surface area contributed by atoms with Crippen molar-refractivity contribution in [1.29, 1.82) is 0 Å². The van der Waals surface area contributed by atoms with Gasteiger partial charge in [-0.15, -0.1) is 0 Å². The van der Waals surface area contributed by atoms with Crippen molar-refractivity contribution >= 4 is 28.9 Å². The lowest BCUT2D eigenvalue weighted by molar-refractivity contribution is -0.140.